The molecule has 3 rings (SSSR count). The van der Waals surface area contributed by atoms with Crippen LogP contribution in [0.2, 0.25) is 0 Å². The van der Waals surface area contributed by atoms with E-state index in [2.05, 4.69) is 29.1 Å². The number of anilines is 1. The monoisotopic (exact) mass is 300 g/mol. The molecule has 3 aromatic rings. The summed E-state index contributed by atoms with van der Waals surface area (Å²) in [5, 5.41) is 4.21. The minimum atomic E-state index is -0.0502. The van der Waals surface area contributed by atoms with Gasteiger partial charge in [0.1, 0.15) is 10.6 Å². The molecule has 0 radical (unpaired) electrons. The zero-order valence-electron chi connectivity index (χ0n) is 12.2. The fourth-order valence-corrected chi connectivity index (χ4v) is 3.34. The average molecular weight is 300 g/mol. The van der Waals surface area contributed by atoms with Crippen LogP contribution in [0.4, 0.5) is 5.82 Å². The zero-order chi connectivity index (χ0) is 15.0. The van der Waals surface area contributed by atoms with Gasteiger partial charge in [-0.1, -0.05) is 6.07 Å². The van der Waals surface area contributed by atoms with Gasteiger partial charge in [0.05, 0.1) is 11.9 Å². The number of hydrogen-bond acceptors (Lipinski definition) is 5. The lowest BCUT2D eigenvalue weighted by atomic mass is 10.2. The van der Waals surface area contributed by atoms with Crippen molar-refractivity contribution in [2.24, 2.45) is 0 Å². The third-order valence-electron chi connectivity index (χ3n) is 3.52. The second-order valence-corrected chi connectivity index (χ2v) is 6.07. The third kappa shape index (κ3) is 2.42. The molecule has 0 aliphatic heterocycles. The number of aromatic nitrogens is 3. The number of aryl methyl sites for hydroxylation is 2. The summed E-state index contributed by atoms with van der Waals surface area (Å²) in [6.45, 7) is 4.54. The summed E-state index contributed by atoms with van der Waals surface area (Å²) in [6, 6.07) is 5.10. The molecule has 6 heteroatoms. The van der Waals surface area contributed by atoms with Gasteiger partial charge < -0.3 is 9.88 Å². The fraction of sp³-hybridized carbons (Fsp3) is 0.267. The van der Waals surface area contributed by atoms with Gasteiger partial charge in [-0.05, 0) is 25.5 Å². The summed E-state index contributed by atoms with van der Waals surface area (Å²) in [7, 11) is 1.85. The summed E-state index contributed by atoms with van der Waals surface area (Å²) < 4.78 is 1.61. The molecular weight excluding hydrogens is 284 g/mol. The van der Waals surface area contributed by atoms with E-state index in [1.807, 2.05) is 13.1 Å². The van der Waals surface area contributed by atoms with E-state index in [-0.39, 0.29) is 5.56 Å². The van der Waals surface area contributed by atoms with Crippen molar-refractivity contribution >= 4 is 27.4 Å². The number of nitrogens with zero attached hydrogens (tertiary/aromatic N) is 3. The van der Waals surface area contributed by atoms with Gasteiger partial charge in [0.2, 0.25) is 0 Å². The van der Waals surface area contributed by atoms with Gasteiger partial charge in [0.15, 0.2) is 5.82 Å². The molecule has 0 atom stereocenters. The largest absolute Gasteiger partial charge is 0.372 e. The van der Waals surface area contributed by atoms with Gasteiger partial charge >= 0.3 is 0 Å². The highest BCUT2D eigenvalue weighted by molar-refractivity contribution is 7.18. The Labute approximate surface area is 126 Å². The predicted molar refractivity (Wildman–Crippen MR) is 86.2 cm³/mol. The lowest BCUT2D eigenvalue weighted by Gasteiger charge is -2.07. The maximum atomic E-state index is 11.8. The van der Waals surface area contributed by atoms with Gasteiger partial charge in [0.25, 0.3) is 5.56 Å². The van der Waals surface area contributed by atoms with Crippen LogP contribution in [0.5, 0.6) is 0 Å². The first-order valence-corrected chi connectivity index (χ1v) is 7.51. The van der Waals surface area contributed by atoms with E-state index in [1.165, 1.54) is 16.5 Å². The van der Waals surface area contributed by atoms with Crippen LogP contribution >= 0.6 is 11.3 Å². The molecule has 3 aromatic heterocycles. The first-order chi connectivity index (χ1) is 10.1. The molecule has 0 bridgehead atoms. The predicted octanol–water partition coefficient (Wildman–Crippen LogP) is 2.56. The average Bonchev–Trinajstić information content (AvgIpc) is 2.76. The van der Waals surface area contributed by atoms with Gasteiger partial charge in [-0.2, -0.15) is 0 Å². The van der Waals surface area contributed by atoms with Crippen LogP contribution in [-0.4, -0.2) is 21.6 Å². The van der Waals surface area contributed by atoms with Crippen LogP contribution in [0.15, 0.2) is 29.2 Å². The number of rotatable bonds is 3. The molecule has 0 aromatic carbocycles. The quantitative estimate of drug-likeness (QED) is 0.807. The Morgan fingerprint density at radius 3 is 2.81 bits per heavy atom. The topological polar surface area (TPSA) is 59.8 Å². The number of thiophene rings is 1. The maximum absolute atomic E-state index is 11.8. The Kier molecular flexibility index (Phi) is 3.47. The first-order valence-electron chi connectivity index (χ1n) is 6.70. The molecule has 0 aliphatic rings. The van der Waals surface area contributed by atoms with E-state index in [1.54, 1.807) is 28.2 Å². The Balaban J connectivity index is 2.12. The van der Waals surface area contributed by atoms with E-state index < -0.39 is 0 Å². The number of hydrogen-bond donors (Lipinski definition) is 1. The van der Waals surface area contributed by atoms with Crippen molar-refractivity contribution in [3.63, 3.8) is 0 Å². The molecule has 0 spiro atoms. The number of nitrogens with one attached hydrogen (secondary N) is 1. The molecular formula is C15H16N4OS. The molecule has 3 heterocycles. The van der Waals surface area contributed by atoms with E-state index in [9.17, 15) is 4.79 Å². The Morgan fingerprint density at radius 1 is 1.29 bits per heavy atom. The Morgan fingerprint density at radius 2 is 2.10 bits per heavy atom. The number of pyridine rings is 1. The van der Waals surface area contributed by atoms with Gasteiger partial charge in [-0.3, -0.25) is 4.79 Å². The van der Waals surface area contributed by atoms with Crippen molar-refractivity contribution in [2.75, 3.05) is 12.4 Å². The van der Waals surface area contributed by atoms with Crippen LogP contribution in [0.1, 0.15) is 16.3 Å². The first kappa shape index (κ1) is 13.8. The second-order valence-electron chi connectivity index (χ2n) is 4.87. The summed E-state index contributed by atoms with van der Waals surface area (Å²) in [6.07, 6.45) is 1.75. The molecule has 21 heavy (non-hydrogen) atoms. The van der Waals surface area contributed by atoms with Crippen molar-refractivity contribution < 1.29 is 0 Å². The highest BCUT2D eigenvalue weighted by atomic mass is 32.1. The minimum absolute atomic E-state index is 0.0502. The normalized spacial score (nSPS) is 11.0. The highest BCUT2D eigenvalue weighted by Crippen LogP contribution is 2.32. The fourth-order valence-electron chi connectivity index (χ4n) is 2.29. The summed E-state index contributed by atoms with van der Waals surface area (Å²) in [5.41, 5.74) is 1.16. The van der Waals surface area contributed by atoms with E-state index >= 15 is 0 Å². The molecule has 108 valence electrons. The minimum Gasteiger partial charge on any atom is -0.372 e. The Hall–Kier alpha value is -2.21. The van der Waals surface area contributed by atoms with Crippen LogP contribution in [0.3, 0.4) is 0 Å². The van der Waals surface area contributed by atoms with Crippen LogP contribution < -0.4 is 10.9 Å². The summed E-state index contributed by atoms with van der Waals surface area (Å²) in [4.78, 5) is 23.2. The van der Waals surface area contributed by atoms with E-state index in [4.69, 9.17) is 0 Å². The molecule has 0 saturated heterocycles. The summed E-state index contributed by atoms with van der Waals surface area (Å²) >= 11 is 1.66. The van der Waals surface area contributed by atoms with Gasteiger partial charge in [0, 0.05) is 24.2 Å². The SMILES string of the molecule is CNc1nc(Cn2ccccc2=O)nc2sc(C)c(C)c12. The van der Waals surface area contributed by atoms with Crippen molar-refractivity contribution in [3.05, 3.63) is 51.0 Å². The van der Waals surface area contributed by atoms with Crippen LogP contribution in [-0.2, 0) is 6.54 Å². The zero-order valence-corrected chi connectivity index (χ0v) is 13.0. The maximum Gasteiger partial charge on any atom is 0.250 e. The molecule has 5 nitrogen and oxygen atoms in total. The van der Waals surface area contributed by atoms with E-state index in [0.717, 1.165) is 16.0 Å². The Bertz CT molecular complexity index is 866. The van der Waals surface area contributed by atoms with Crippen LogP contribution in [0, 0.1) is 13.8 Å². The van der Waals surface area contributed by atoms with Gasteiger partial charge in [-0.25, -0.2) is 9.97 Å². The van der Waals surface area contributed by atoms with Crippen molar-refractivity contribution in [2.45, 2.75) is 20.4 Å². The smallest absolute Gasteiger partial charge is 0.250 e. The van der Waals surface area contributed by atoms with Gasteiger partial charge in [-0.15, -0.1) is 11.3 Å². The van der Waals surface area contributed by atoms with Crippen molar-refractivity contribution in [1.82, 2.24) is 14.5 Å². The number of fused-ring (bicyclic) bond motifs is 1. The second kappa shape index (κ2) is 5.29. The van der Waals surface area contributed by atoms with E-state index in [0.29, 0.717) is 12.4 Å². The highest BCUT2D eigenvalue weighted by Gasteiger charge is 2.14. The molecule has 1 N–H and O–H groups in total. The lowest BCUT2D eigenvalue weighted by molar-refractivity contribution is 0.720. The van der Waals surface area contributed by atoms with Crippen molar-refractivity contribution in [3.8, 4) is 0 Å². The third-order valence-corrected chi connectivity index (χ3v) is 4.62. The molecule has 0 fully saturated rings. The lowest BCUT2D eigenvalue weighted by Crippen LogP contribution is -2.19. The standard InChI is InChI=1S/C15H16N4OS/c1-9-10(2)21-15-13(9)14(16-3)17-11(18-15)8-19-7-5-4-6-12(19)20/h4-7H,8H2,1-3H3,(H,16,17,18). The molecule has 0 unspecified atom stereocenters. The van der Waals surface area contributed by atoms with Crippen LogP contribution in [0.25, 0.3) is 10.2 Å². The molecule has 0 aliphatic carbocycles. The molecule has 0 amide bonds. The summed E-state index contributed by atoms with van der Waals surface area (Å²) in [5.74, 6) is 1.46. The molecule has 0 saturated carbocycles. The van der Waals surface area contributed by atoms with Crippen molar-refractivity contribution in [1.29, 1.82) is 0 Å².